The topological polar surface area (TPSA) is 67.4 Å². The Morgan fingerprint density at radius 3 is 2.89 bits per heavy atom. The van der Waals surface area contributed by atoms with Gasteiger partial charge in [0.05, 0.1) is 17.6 Å². The highest BCUT2D eigenvalue weighted by Gasteiger charge is 2.20. The van der Waals surface area contributed by atoms with Crippen LogP contribution in [-0.2, 0) is 14.8 Å². The van der Waals surface area contributed by atoms with Gasteiger partial charge in [-0.1, -0.05) is 12.1 Å². The van der Waals surface area contributed by atoms with E-state index in [1.165, 1.54) is 0 Å². The molecule has 6 heteroatoms. The maximum atomic E-state index is 12.3. The molecule has 1 atom stereocenters. The summed E-state index contributed by atoms with van der Waals surface area (Å²) < 4.78 is 32.6. The highest BCUT2D eigenvalue weighted by atomic mass is 32.2. The number of rotatable bonds is 4. The van der Waals surface area contributed by atoms with Crippen LogP contribution in [0.25, 0.3) is 0 Å². The van der Waals surface area contributed by atoms with Gasteiger partial charge in [0.2, 0.25) is 10.0 Å². The molecule has 19 heavy (non-hydrogen) atoms. The van der Waals surface area contributed by atoms with Crippen LogP contribution in [0.5, 0.6) is 0 Å². The summed E-state index contributed by atoms with van der Waals surface area (Å²) in [6, 6.07) is 5.42. The number of sulfonamides is 1. The molecule has 0 amide bonds. The molecule has 2 N–H and O–H groups in total. The second-order valence-corrected chi connectivity index (χ2v) is 6.55. The smallest absolute Gasteiger partial charge is 0.240 e. The third-order valence-corrected chi connectivity index (χ3v) is 4.70. The molecule has 1 saturated heterocycles. The van der Waals surface area contributed by atoms with E-state index >= 15 is 0 Å². The van der Waals surface area contributed by atoms with Crippen LogP contribution in [0, 0.1) is 13.8 Å². The van der Waals surface area contributed by atoms with Gasteiger partial charge in [-0.3, -0.25) is 0 Å². The van der Waals surface area contributed by atoms with Gasteiger partial charge >= 0.3 is 0 Å². The number of aryl methyl sites for hydroxylation is 2. The van der Waals surface area contributed by atoms with E-state index in [2.05, 4.69) is 10.0 Å². The Bertz CT molecular complexity index is 537. The minimum atomic E-state index is -3.47. The molecular weight excluding hydrogens is 264 g/mol. The van der Waals surface area contributed by atoms with E-state index in [1.807, 2.05) is 19.1 Å². The van der Waals surface area contributed by atoms with Crippen molar-refractivity contribution in [2.45, 2.75) is 24.8 Å². The maximum absolute atomic E-state index is 12.3. The van der Waals surface area contributed by atoms with Crippen LogP contribution < -0.4 is 10.0 Å². The first-order valence-electron chi connectivity index (χ1n) is 6.38. The zero-order chi connectivity index (χ0) is 13.9. The molecule has 106 valence electrons. The van der Waals surface area contributed by atoms with Gasteiger partial charge in [0.25, 0.3) is 0 Å². The first kappa shape index (κ1) is 14.5. The zero-order valence-corrected chi connectivity index (χ0v) is 12.1. The normalized spacial score (nSPS) is 20.4. The van der Waals surface area contributed by atoms with Crippen LogP contribution in [0.1, 0.15) is 11.1 Å². The predicted octanol–water partition coefficient (Wildman–Crippen LogP) is 0.570. The van der Waals surface area contributed by atoms with Crippen molar-refractivity contribution < 1.29 is 13.2 Å². The van der Waals surface area contributed by atoms with Crippen LogP contribution >= 0.6 is 0 Å². The highest BCUT2D eigenvalue weighted by molar-refractivity contribution is 7.89. The molecule has 0 aliphatic carbocycles. The molecule has 2 rings (SSSR count). The highest BCUT2D eigenvalue weighted by Crippen LogP contribution is 2.16. The summed E-state index contributed by atoms with van der Waals surface area (Å²) in [6.07, 6.45) is -0.103. The summed E-state index contributed by atoms with van der Waals surface area (Å²) in [7, 11) is -3.47. The first-order valence-corrected chi connectivity index (χ1v) is 7.86. The third kappa shape index (κ3) is 3.76. The van der Waals surface area contributed by atoms with Crippen LogP contribution in [-0.4, -0.2) is 40.8 Å². The minimum absolute atomic E-state index is 0.103. The lowest BCUT2D eigenvalue weighted by Crippen LogP contribution is -2.45. The number of hydrogen-bond acceptors (Lipinski definition) is 4. The van der Waals surface area contributed by atoms with Crippen LogP contribution in [0.3, 0.4) is 0 Å². The Morgan fingerprint density at radius 2 is 2.21 bits per heavy atom. The van der Waals surface area contributed by atoms with Gasteiger partial charge in [0.15, 0.2) is 0 Å². The van der Waals surface area contributed by atoms with Crippen LogP contribution in [0.2, 0.25) is 0 Å². The molecule has 5 nitrogen and oxygen atoms in total. The summed E-state index contributed by atoms with van der Waals surface area (Å²) in [5.74, 6) is 0. The van der Waals surface area contributed by atoms with Gasteiger partial charge in [-0.2, -0.15) is 0 Å². The van der Waals surface area contributed by atoms with Crippen molar-refractivity contribution in [3.8, 4) is 0 Å². The van der Waals surface area contributed by atoms with E-state index in [0.717, 1.165) is 17.7 Å². The monoisotopic (exact) mass is 284 g/mol. The molecule has 1 unspecified atom stereocenters. The molecule has 1 aliphatic rings. The van der Waals surface area contributed by atoms with Crippen molar-refractivity contribution in [3.05, 3.63) is 29.3 Å². The zero-order valence-electron chi connectivity index (χ0n) is 11.3. The van der Waals surface area contributed by atoms with E-state index in [9.17, 15) is 8.42 Å². The van der Waals surface area contributed by atoms with Crippen LogP contribution in [0.15, 0.2) is 23.1 Å². The molecule has 0 radical (unpaired) electrons. The fraction of sp³-hybridized carbons (Fsp3) is 0.538. The quantitative estimate of drug-likeness (QED) is 0.848. The van der Waals surface area contributed by atoms with Gasteiger partial charge in [0, 0.05) is 19.6 Å². The summed E-state index contributed by atoms with van der Waals surface area (Å²) in [5, 5.41) is 3.17. The standard InChI is InChI=1S/C13H20N2O3S/c1-10-3-4-11(2)13(7-10)19(16,17)15-9-12-8-14-5-6-18-12/h3-4,7,12,14-15H,5-6,8-9H2,1-2H3. The second-order valence-electron chi connectivity index (χ2n) is 4.82. The summed E-state index contributed by atoms with van der Waals surface area (Å²) in [4.78, 5) is 0.344. The van der Waals surface area contributed by atoms with Crippen molar-refractivity contribution in [1.82, 2.24) is 10.0 Å². The van der Waals surface area contributed by atoms with Gasteiger partial charge in [-0.05, 0) is 31.0 Å². The molecular formula is C13H20N2O3S. The average Bonchev–Trinajstić information content (AvgIpc) is 2.40. The largest absolute Gasteiger partial charge is 0.374 e. The molecule has 1 aromatic rings. The molecule has 1 aliphatic heterocycles. The van der Waals surface area contributed by atoms with E-state index in [-0.39, 0.29) is 6.10 Å². The molecule has 0 bridgehead atoms. The molecule has 0 saturated carbocycles. The summed E-state index contributed by atoms with van der Waals surface area (Å²) >= 11 is 0. The Kier molecular flexibility index (Phi) is 4.57. The Labute approximate surface area is 114 Å². The van der Waals surface area contributed by atoms with E-state index in [4.69, 9.17) is 4.74 Å². The van der Waals surface area contributed by atoms with Gasteiger partial charge in [0.1, 0.15) is 0 Å². The number of hydrogen-bond donors (Lipinski definition) is 2. The number of morpholine rings is 1. The predicted molar refractivity (Wildman–Crippen MR) is 73.7 cm³/mol. The van der Waals surface area contributed by atoms with E-state index < -0.39 is 10.0 Å². The van der Waals surface area contributed by atoms with Crippen molar-refractivity contribution in [2.75, 3.05) is 26.2 Å². The number of benzene rings is 1. The van der Waals surface area contributed by atoms with Crippen LogP contribution in [0.4, 0.5) is 0 Å². The molecule has 1 aromatic carbocycles. The van der Waals surface area contributed by atoms with Gasteiger partial charge in [-0.15, -0.1) is 0 Å². The van der Waals surface area contributed by atoms with Gasteiger partial charge < -0.3 is 10.1 Å². The fourth-order valence-electron chi connectivity index (χ4n) is 2.03. The molecule has 0 spiro atoms. The lowest BCUT2D eigenvalue weighted by molar-refractivity contribution is 0.0324. The molecule has 1 fully saturated rings. The number of nitrogens with one attached hydrogen (secondary N) is 2. The average molecular weight is 284 g/mol. The van der Waals surface area contributed by atoms with Crippen molar-refractivity contribution in [1.29, 1.82) is 0 Å². The van der Waals surface area contributed by atoms with Crippen molar-refractivity contribution >= 4 is 10.0 Å². The lowest BCUT2D eigenvalue weighted by Gasteiger charge is -2.23. The fourth-order valence-corrected chi connectivity index (χ4v) is 3.42. The van der Waals surface area contributed by atoms with E-state index in [0.29, 0.717) is 24.6 Å². The first-order chi connectivity index (χ1) is 8.99. The van der Waals surface area contributed by atoms with Crippen molar-refractivity contribution in [3.63, 3.8) is 0 Å². The SMILES string of the molecule is Cc1ccc(C)c(S(=O)(=O)NCC2CNCCO2)c1. The van der Waals surface area contributed by atoms with Gasteiger partial charge in [-0.25, -0.2) is 13.1 Å². The summed E-state index contributed by atoms with van der Waals surface area (Å²) in [5.41, 5.74) is 1.68. The van der Waals surface area contributed by atoms with E-state index in [1.54, 1.807) is 13.0 Å². The Hall–Kier alpha value is -0.950. The third-order valence-electron chi connectivity index (χ3n) is 3.14. The second kappa shape index (κ2) is 6.00. The number of ether oxygens (including phenoxy) is 1. The Balaban J connectivity index is 2.07. The Morgan fingerprint density at radius 1 is 1.42 bits per heavy atom. The molecule has 0 aromatic heterocycles. The maximum Gasteiger partial charge on any atom is 0.240 e. The molecule has 1 heterocycles. The lowest BCUT2D eigenvalue weighted by atomic mass is 10.2. The minimum Gasteiger partial charge on any atom is -0.374 e. The summed E-state index contributed by atoms with van der Waals surface area (Å²) in [6.45, 7) is 6.09. The van der Waals surface area contributed by atoms with Crippen molar-refractivity contribution in [2.24, 2.45) is 0 Å².